The number of rotatable bonds is 9. The topological polar surface area (TPSA) is 68.3 Å². The van der Waals surface area contributed by atoms with Crippen molar-refractivity contribution < 1.29 is 9.47 Å². The van der Waals surface area contributed by atoms with Gasteiger partial charge in [-0.05, 0) is 36.2 Å². The largest absolute Gasteiger partial charge is 0.497 e. The first-order chi connectivity index (χ1) is 13.3. The molecule has 140 valence electrons. The van der Waals surface area contributed by atoms with E-state index >= 15 is 0 Å². The van der Waals surface area contributed by atoms with Gasteiger partial charge in [0.15, 0.2) is 0 Å². The van der Waals surface area contributed by atoms with Crippen LogP contribution in [0.3, 0.4) is 0 Å². The fourth-order valence-corrected chi connectivity index (χ4v) is 2.69. The van der Waals surface area contributed by atoms with Crippen molar-refractivity contribution in [3.05, 3.63) is 71.9 Å². The van der Waals surface area contributed by atoms with E-state index in [1.54, 1.807) is 20.4 Å². The van der Waals surface area contributed by atoms with Crippen molar-refractivity contribution in [2.24, 2.45) is 0 Å². The van der Waals surface area contributed by atoms with Crippen LogP contribution < -0.4 is 20.1 Å². The highest BCUT2D eigenvalue weighted by Gasteiger charge is 2.03. The number of hydrogen-bond donors (Lipinski definition) is 2. The summed E-state index contributed by atoms with van der Waals surface area (Å²) in [5.74, 6) is 3.09. The third-order valence-electron chi connectivity index (χ3n) is 4.16. The molecule has 6 nitrogen and oxygen atoms in total. The number of nitrogens with one attached hydrogen (secondary N) is 2. The summed E-state index contributed by atoms with van der Waals surface area (Å²) in [7, 11) is 3.34. The fourth-order valence-electron chi connectivity index (χ4n) is 2.69. The van der Waals surface area contributed by atoms with E-state index in [1.165, 1.54) is 5.56 Å². The van der Waals surface area contributed by atoms with E-state index in [9.17, 15) is 0 Å². The summed E-state index contributed by atoms with van der Waals surface area (Å²) in [5.41, 5.74) is 2.31. The number of anilines is 2. The molecule has 2 aromatic carbocycles. The number of benzene rings is 2. The van der Waals surface area contributed by atoms with Crippen molar-refractivity contribution >= 4 is 11.8 Å². The Morgan fingerprint density at radius 2 is 1.70 bits per heavy atom. The van der Waals surface area contributed by atoms with E-state index in [1.807, 2.05) is 42.5 Å². The van der Waals surface area contributed by atoms with Gasteiger partial charge in [-0.1, -0.05) is 30.3 Å². The summed E-state index contributed by atoms with van der Waals surface area (Å²) < 4.78 is 10.5. The van der Waals surface area contributed by atoms with Gasteiger partial charge in [-0.2, -0.15) is 4.98 Å². The molecule has 6 heteroatoms. The molecule has 0 radical (unpaired) electrons. The number of para-hydroxylation sites is 1. The quantitative estimate of drug-likeness (QED) is 0.603. The van der Waals surface area contributed by atoms with E-state index in [4.69, 9.17) is 9.47 Å². The van der Waals surface area contributed by atoms with E-state index in [2.05, 4.69) is 32.7 Å². The second-order valence-corrected chi connectivity index (χ2v) is 5.96. The number of hydrogen-bond acceptors (Lipinski definition) is 6. The second-order valence-electron chi connectivity index (χ2n) is 5.96. The van der Waals surface area contributed by atoms with Gasteiger partial charge in [-0.15, -0.1) is 0 Å². The lowest BCUT2D eigenvalue weighted by atomic mass is 10.1. The van der Waals surface area contributed by atoms with Crippen LogP contribution in [0.15, 0.2) is 60.8 Å². The van der Waals surface area contributed by atoms with Crippen LogP contribution in [-0.2, 0) is 13.0 Å². The highest BCUT2D eigenvalue weighted by Crippen LogP contribution is 2.18. The molecule has 0 saturated carbocycles. The van der Waals surface area contributed by atoms with Gasteiger partial charge in [0.25, 0.3) is 0 Å². The molecule has 0 atom stereocenters. The van der Waals surface area contributed by atoms with Crippen LogP contribution in [0.1, 0.15) is 11.1 Å². The summed E-state index contributed by atoms with van der Waals surface area (Å²) >= 11 is 0. The lowest BCUT2D eigenvalue weighted by Gasteiger charge is -2.11. The minimum Gasteiger partial charge on any atom is -0.497 e. The smallest absolute Gasteiger partial charge is 0.224 e. The molecule has 0 amide bonds. The van der Waals surface area contributed by atoms with Crippen molar-refractivity contribution in [1.82, 2.24) is 9.97 Å². The molecule has 1 aromatic heterocycles. The van der Waals surface area contributed by atoms with Crippen molar-refractivity contribution in [2.75, 3.05) is 31.4 Å². The number of methoxy groups -OCH3 is 2. The average Bonchev–Trinajstić information content (AvgIpc) is 2.73. The van der Waals surface area contributed by atoms with Gasteiger partial charge in [0, 0.05) is 24.8 Å². The first-order valence-corrected chi connectivity index (χ1v) is 8.84. The van der Waals surface area contributed by atoms with Crippen LogP contribution in [0.25, 0.3) is 0 Å². The molecule has 0 aliphatic carbocycles. The zero-order valence-electron chi connectivity index (χ0n) is 15.6. The summed E-state index contributed by atoms with van der Waals surface area (Å²) in [6, 6.07) is 17.8. The lowest BCUT2D eigenvalue weighted by Crippen LogP contribution is -2.09. The number of aromatic nitrogens is 2. The molecule has 3 aromatic rings. The van der Waals surface area contributed by atoms with Gasteiger partial charge < -0.3 is 20.1 Å². The Kier molecular flexibility index (Phi) is 6.46. The number of ether oxygens (including phenoxy) is 2. The summed E-state index contributed by atoms with van der Waals surface area (Å²) in [6.45, 7) is 1.38. The minimum absolute atomic E-state index is 0.605. The summed E-state index contributed by atoms with van der Waals surface area (Å²) in [5, 5.41) is 6.58. The number of nitrogens with zero attached hydrogens (tertiary/aromatic N) is 2. The molecule has 2 N–H and O–H groups in total. The van der Waals surface area contributed by atoms with E-state index in [-0.39, 0.29) is 0 Å². The SMILES string of the molecule is COc1ccc(CCNc2nccc(NCc3ccccc3OC)n2)cc1. The highest BCUT2D eigenvalue weighted by molar-refractivity contribution is 5.42. The van der Waals surface area contributed by atoms with Crippen LogP contribution >= 0.6 is 0 Å². The third-order valence-corrected chi connectivity index (χ3v) is 4.16. The molecule has 3 rings (SSSR count). The van der Waals surface area contributed by atoms with Crippen LogP contribution in [0.2, 0.25) is 0 Å². The summed E-state index contributed by atoms with van der Waals surface area (Å²) in [4.78, 5) is 8.79. The fraction of sp³-hybridized carbons (Fsp3) is 0.238. The predicted octanol–water partition coefficient (Wildman–Crippen LogP) is 3.76. The second kappa shape index (κ2) is 9.43. The molecule has 0 saturated heterocycles. The van der Waals surface area contributed by atoms with Crippen molar-refractivity contribution in [2.45, 2.75) is 13.0 Å². The maximum atomic E-state index is 5.37. The Hall–Kier alpha value is -3.28. The first kappa shape index (κ1) is 18.5. The van der Waals surface area contributed by atoms with Crippen LogP contribution in [0.5, 0.6) is 11.5 Å². The molecular formula is C21H24N4O2. The molecular weight excluding hydrogens is 340 g/mol. The predicted molar refractivity (Wildman–Crippen MR) is 108 cm³/mol. The molecule has 0 aliphatic heterocycles. The normalized spacial score (nSPS) is 10.3. The molecule has 1 heterocycles. The Morgan fingerprint density at radius 3 is 2.48 bits per heavy atom. The Balaban J connectivity index is 1.52. The lowest BCUT2D eigenvalue weighted by molar-refractivity contribution is 0.410. The zero-order chi connectivity index (χ0) is 18.9. The van der Waals surface area contributed by atoms with Gasteiger partial charge >= 0.3 is 0 Å². The highest BCUT2D eigenvalue weighted by atomic mass is 16.5. The average molecular weight is 364 g/mol. The van der Waals surface area contributed by atoms with Crippen LogP contribution in [-0.4, -0.2) is 30.7 Å². The maximum Gasteiger partial charge on any atom is 0.224 e. The van der Waals surface area contributed by atoms with Gasteiger partial charge in [0.1, 0.15) is 17.3 Å². The van der Waals surface area contributed by atoms with Gasteiger partial charge in [-0.25, -0.2) is 4.98 Å². The van der Waals surface area contributed by atoms with Gasteiger partial charge in [0.05, 0.1) is 14.2 Å². The van der Waals surface area contributed by atoms with E-state index < -0.39 is 0 Å². The molecule has 0 spiro atoms. The van der Waals surface area contributed by atoms with Crippen LogP contribution in [0.4, 0.5) is 11.8 Å². The Morgan fingerprint density at radius 1 is 0.889 bits per heavy atom. The summed E-state index contributed by atoms with van der Waals surface area (Å²) in [6.07, 6.45) is 2.62. The monoisotopic (exact) mass is 364 g/mol. The van der Waals surface area contributed by atoms with Crippen molar-refractivity contribution in [3.8, 4) is 11.5 Å². The standard InChI is InChI=1S/C21H24N4O2/c1-26-18-9-7-16(8-10-18)11-13-22-21-23-14-12-20(25-21)24-15-17-5-3-4-6-19(17)27-2/h3-10,12,14H,11,13,15H2,1-2H3,(H2,22,23,24,25). The van der Waals surface area contributed by atoms with Gasteiger partial charge in [0.2, 0.25) is 5.95 Å². The molecule has 0 aliphatic rings. The zero-order valence-corrected chi connectivity index (χ0v) is 15.6. The Labute approximate surface area is 159 Å². The van der Waals surface area contributed by atoms with Crippen molar-refractivity contribution in [3.63, 3.8) is 0 Å². The van der Waals surface area contributed by atoms with E-state index in [0.29, 0.717) is 12.5 Å². The van der Waals surface area contributed by atoms with E-state index in [0.717, 1.165) is 35.8 Å². The third kappa shape index (κ3) is 5.34. The molecule has 27 heavy (non-hydrogen) atoms. The molecule has 0 bridgehead atoms. The minimum atomic E-state index is 0.605. The molecule has 0 fully saturated rings. The first-order valence-electron chi connectivity index (χ1n) is 8.84. The van der Waals surface area contributed by atoms with Crippen molar-refractivity contribution in [1.29, 1.82) is 0 Å². The maximum absolute atomic E-state index is 5.37. The molecule has 0 unspecified atom stereocenters. The van der Waals surface area contributed by atoms with Gasteiger partial charge in [-0.3, -0.25) is 0 Å². The Bertz CT molecular complexity index is 853. The van der Waals surface area contributed by atoms with Crippen LogP contribution in [0, 0.1) is 0 Å².